The summed E-state index contributed by atoms with van der Waals surface area (Å²) in [5.41, 5.74) is 9.96. The van der Waals surface area contributed by atoms with Crippen LogP contribution in [0.4, 0.5) is 5.82 Å². The number of nitrogens with one attached hydrogen (secondary N) is 1. The Balaban J connectivity index is 1.93. The van der Waals surface area contributed by atoms with Gasteiger partial charge >= 0.3 is 0 Å². The lowest BCUT2D eigenvalue weighted by molar-refractivity contribution is 0.0941. The molecule has 6 heteroatoms. The van der Waals surface area contributed by atoms with E-state index in [4.69, 9.17) is 15.7 Å². The SMILES string of the molecule is CCC(C)NC(=O)c1c(N)n(C2CCCCC2)c2nc3ccccc3nc12. The quantitative estimate of drug-likeness (QED) is 0.725. The van der Waals surface area contributed by atoms with E-state index in [0.29, 0.717) is 16.9 Å². The lowest BCUT2D eigenvalue weighted by Gasteiger charge is -2.25. The summed E-state index contributed by atoms with van der Waals surface area (Å²) in [4.78, 5) is 22.6. The van der Waals surface area contributed by atoms with Crippen molar-refractivity contribution in [2.75, 3.05) is 5.73 Å². The van der Waals surface area contributed by atoms with Gasteiger partial charge in [-0.3, -0.25) is 4.79 Å². The largest absolute Gasteiger partial charge is 0.384 e. The summed E-state index contributed by atoms with van der Waals surface area (Å²) in [6, 6.07) is 8.13. The number of carbonyl (C=O) groups excluding carboxylic acids is 1. The molecular weight excluding hydrogens is 338 g/mol. The highest BCUT2D eigenvalue weighted by atomic mass is 16.1. The summed E-state index contributed by atoms with van der Waals surface area (Å²) in [6.45, 7) is 4.04. The Kier molecular flexibility index (Phi) is 4.72. The highest BCUT2D eigenvalue weighted by molar-refractivity contribution is 6.10. The first-order valence-electron chi connectivity index (χ1n) is 9.97. The van der Waals surface area contributed by atoms with Crippen LogP contribution in [0.5, 0.6) is 0 Å². The van der Waals surface area contributed by atoms with E-state index in [1.807, 2.05) is 38.1 Å². The molecule has 1 amide bonds. The molecule has 1 unspecified atom stereocenters. The van der Waals surface area contributed by atoms with Crippen LogP contribution in [0.2, 0.25) is 0 Å². The van der Waals surface area contributed by atoms with Crippen LogP contribution in [0.15, 0.2) is 24.3 Å². The smallest absolute Gasteiger partial charge is 0.257 e. The molecule has 0 aliphatic heterocycles. The first-order chi connectivity index (χ1) is 13.1. The van der Waals surface area contributed by atoms with Crippen LogP contribution in [0, 0.1) is 0 Å². The summed E-state index contributed by atoms with van der Waals surface area (Å²) < 4.78 is 2.07. The zero-order chi connectivity index (χ0) is 19.0. The second kappa shape index (κ2) is 7.18. The maximum absolute atomic E-state index is 13.0. The van der Waals surface area contributed by atoms with E-state index in [0.717, 1.165) is 35.9 Å². The molecule has 2 heterocycles. The molecule has 142 valence electrons. The maximum atomic E-state index is 13.0. The monoisotopic (exact) mass is 365 g/mol. The van der Waals surface area contributed by atoms with E-state index in [9.17, 15) is 4.79 Å². The van der Waals surface area contributed by atoms with Crippen LogP contribution in [0.3, 0.4) is 0 Å². The van der Waals surface area contributed by atoms with Crippen LogP contribution in [0.1, 0.15) is 68.8 Å². The van der Waals surface area contributed by atoms with Gasteiger partial charge in [0, 0.05) is 12.1 Å². The number of nitrogens with two attached hydrogens (primary N) is 1. The standard InChI is InChI=1S/C21H27N5O/c1-3-13(2)23-21(27)17-18-20(25-16-12-8-7-11-15(16)24-18)26(19(17)22)14-9-5-4-6-10-14/h7-8,11-14H,3-6,9-10,22H2,1-2H3,(H,23,27). The highest BCUT2D eigenvalue weighted by Gasteiger charge is 2.28. The zero-order valence-corrected chi connectivity index (χ0v) is 16.0. The Morgan fingerprint density at radius 2 is 1.89 bits per heavy atom. The molecule has 6 nitrogen and oxygen atoms in total. The third kappa shape index (κ3) is 3.13. The Hall–Kier alpha value is -2.63. The van der Waals surface area contributed by atoms with Gasteiger partial charge in [0.25, 0.3) is 5.91 Å². The molecule has 1 aromatic carbocycles. The summed E-state index contributed by atoms with van der Waals surface area (Å²) in [6.07, 6.45) is 6.61. The molecule has 1 saturated carbocycles. The van der Waals surface area contributed by atoms with Gasteiger partial charge in [0.15, 0.2) is 5.65 Å². The van der Waals surface area contributed by atoms with Crippen LogP contribution < -0.4 is 11.1 Å². The van der Waals surface area contributed by atoms with Crippen molar-refractivity contribution < 1.29 is 4.79 Å². The molecule has 1 aliphatic carbocycles. The molecule has 3 N–H and O–H groups in total. The highest BCUT2D eigenvalue weighted by Crippen LogP contribution is 2.37. The van der Waals surface area contributed by atoms with E-state index in [-0.39, 0.29) is 18.0 Å². The number of carbonyl (C=O) groups is 1. The van der Waals surface area contributed by atoms with E-state index in [1.165, 1.54) is 19.3 Å². The van der Waals surface area contributed by atoms with Crippen LogP contribution >= 0.6 is 0 Å². The Labute approximate surface area is 159 Å². The van der Waals surface area contributed by atoms with Crippen molar-refractivity contribution in [1.82, 2.24) is 19.9 Å². The summed E-state index contributed by atoms with van der Waals surface area (Å²) in [7, 11) is 0. The lowest BCUT2D eigenvalue weighted by Crippen LogP contribution is -2.32. The molecule has 3 aromatic rings. The molecule has 1 fully saturated rings. The van der Waals surface area contributed by atoms with Crippen molar-refractivity contribution in [3.05, 3.63) is 29.8 Å². The van der Waals surface area contributed by atoms with Crippen molar-refractivity contribution in [2.24, 2.45) is 0 Å². The fraction of sp³-hybridized carbons (Fsp3) is 0.476. The molecular formula is C21H27N5O. The van der Waals surface area contributed by atoms with Gasteiger partial charge in [-0.1, -0.05) is 38.3 Å². The fourth-order valence-electron chi connectivity index (χ4n) is 4.01. The summed E-state index contributed by atoms with van der Waals surface area (Å²) in [5.74, 6) is 0.332. The number of rotatable bonds is 4. The van der Waals surface area contributed by atoms with Gasteiger partial charge in [-0.15, -0.1) is 0 Å². The van der Waals surface area contributed by atoms with E-state index in [1.54, 1.807) is 0 Å². The number of hydrogen-bond acceptors (Lipinski definition) is 4. The van der Waals surface area contributed by atoms with Gasteiger partial charge in [-0.05, 0) is 38.3 Å². The van der Waals surface area contributed by atoms with Gasteiger partial charge in [0.05, 0.1) is 11.0 Å². The first-order valence-corrected chi connectivity index (χ1v) is 9.97. The van der Waals surface area contributed by atoms with Crippen LogP contribution in [-0.2, 0) is 0 Å². The van der Waals surface area contributed by atoms with Gasteiger partial charge < -0.3 is 15.6 Å². The van der Waals surface area contributed by atoms with Crippen molar-refractivity contribution in [3.8, 4) is 0 Å². The fourth-order valence-corrected chi connectivity index (χ4v) is 4.01. The Morgan fingerprint density at radius 3 is 2.56 bits per heavy atom. The van der Waals surface area contributed by atoms with Crippen molar-refractivity contribution in [1.29, 1.82) is 0 Å². The summed E-state index contributed by atoms with van der Waals surface area (Å²) in [5, 5.41) is 3.04. The number of hydrogen-bond donors (Lipinski definition) is 2. The predicted molar refractivity (Wildman–Crippen MR) is 109 cm³/mol. The maximum Gasteiger partial charge on any atom is 0.257 e. The molecule has 1 aliphatic rings. The minimum Gasteiger partial charge on any atom is -0.384 e. The van der Waals surface area contributed by atoms with E-state index in [2.05, 4.69) is 9.88 Å². The third-order valence-corrected chi connectivity index (χ3v) is 5.69. The number of aromatic nitrogens is 3. The molecule has 0 bridgehead atoms. The first kappa shape index (κ1) is 17.8. The number of para-hydroxylation sites is 2. The van der Waals surface area contributed by atoms with Gasteiger partial charge in [0.2, 0.25) is 0 Å². The zero-order valence-electron chi connectivity index (χ0n) is 16.0. The number of fused-ring (bicyclic) bond motifs is 2. The van der Waals surface area contributed by atoms with Crippen LogP contribution in [0.25, 0.3) is 22.2 Å². The van der Waals surface area contributed by atoms with Crippen molar-refractivity contribution >= 4 is 33.9 Å². The number of anilines is 1. The number of nitrogen functional groups attached to an aromatic ring is 1. The lowest BCUT2D eigenvalue weighted by atomic mass is 9.95. The van der Waals surface area contributed by atoms with Gasteiger partial charge in [-0.2, -0.15) is 0 Å². The minimum absolute atomic E-state index is 0.0818. The van der Waals surface area contributed by atoms with E-state index >= 15 is 0 Å². The van der Waals surface area contributed by atoms with E-state index < -0.39 is 0 Å². The average molecular weight is 365 g/mol. The second-order valence-corrected chi connectivity index (χ2v) is 7.59. The number of amides is 1. The summed E-state index contributed by atoms with van der Waals surface area (Å²) >= 11 is 0. The molecule has 27 heavy (non-hydrogen) atoms. The molecule has 4 rings (SSSR count). The number of nitrogens with zero attached hydrogens (tertiary/aromatic N) is 3. The Bertz CT molecular complexity index is 987. The molecule has 0 spiro atoms. The van der Waals surface area contributed by atoms with Crippen molar-refractivity contribution in [2.45, 2.75) is 64.5 Å². The predicted octanol–water partition coefficient (Wildman–Crippen LogP) is 4.20. The minimum atomic E-state index is -0.161. The molecule has 0 radical (unpaired) electrons. The van der Waals surface area contributed by atoms with Crippen LogP contribution in [-0.4, -0.2) is 26.5 Å². The third-order valence-electron chi connectivity index (χ3n) is 5.69. The van der Waals surface area contributed by atoms with Crippen molar-refractivity contribution in [3.63, 3.8) is 0 Å². The Morgan fingerprint density at radius 1 is 1.22 bits per heavy atom. The molecule has 1 atom stereocenters. The average Bonchev–Trinajstić information content (AvgIpc) is 2.97. The normalized spacial score (nSPS) is 16.7. The molecule has 2 aromatic heterocycles. The van der Waals surface area contributed by atoms with Gasteiger partial charge in [0.1, 0.15) is 16.9 Å². The second-order valence-electron chi connectivity index (χ2n) is 7.59. The van der Waals surface area contributed by atoms with Gasteiger partial charge in [-0.25, -0.2) is 9.97 Å². The molecule has 0 saturated heterocycles. The number of benzene rings is 1. The topological polar surface area (TPSA) is 85.8 Å².